The summed E-state index contributed by atoms with van der Waals surface area (Å²) in [6, 6.07) is 5.37. The first kappa shape index (κ1) is 13.4. The number of rotatable bonds is 3. The Morgan fingerprint density at radius 3 is 2.72 bits per heavy atom. The molecular weight excluding hydrogens is 295 g/mol. The Balaban J connectivity index is 2.40. The largest absolute Gasteiger partial charge is 0.438 e. The highest BCUT2D eigenvalue weighted by Gasteiger charge is 2.12. The SMILES string of the molecule is Cc1ccc(Cl)cc1Oc1ncnc(Cl)c1CCl. The minimum atomic E-state index is 0.175. The van der Waals surface area contributed by atoms with E-state index in [1.165, 1.54) is 6.33 Å². The summed E-state index contributed by atoms with van der Waals surface area (Å²) in [5.74, 6) is 1.13. The van der Waals surface area contributed by atoms with Gasteiger partial charge in [-0.2, -0.15) is 0 Å². The van der Waals surface area contributed by atoms with E-state index in [1.54, 1.807) is 12.1 Å². The van der Waals surface area contributed by atoms with E-state index in [-0.39, 0.29) is 11.0 Å². The van der Waals surface area contributed by atoms with Crippen LogP contribution in [0.5, 0.6) is 11.6 Å². The molecule has 2 aromatic rings. The van der Waals surface area contributed by atoms with Gasteiger partial charge in [-0.25, -0.2) is 9.97 Å². The molecule has 0 unspecified atom stereocenters. The Labute approximate surface area is 120 Å². The highest BCUT2D eigenvalue weighted by molar-refractivity contribution is 6.31. The molecule has 0 atom stereocenters. The molecule has 18 heavy (non-hydrogen) atoms. The zero-order valence-electron chi connectivity index (χ0n) is 9.45. The number of alkyl halides is 1. The molecule has 94 valence electrons. The Bertz CT molecular complexity index is 575. The maximum Gasteiger partial charge on any atom is 0.228 e. The molecule has 0 fully saturated rings. The highest BCUT2D eigenvalue weighted by Crippen LogP contribution is 2.31. The van der Waals surface area contributed by atoms with Gasteiger partial charge in [0.05, 0.1) is 11.4 Å². The van der Waals surface area contributed by atoms with E-state index < -0.39 is 0 Å². The topological polar surface area (TPSA) is 35.0 Å². The standard InChI is InChI=1S/C12H9Cl3N2O/c1-7-2-3-8(14)4-10(7)18-12-9(5-13)11(15)16-6-17-12/h2-4,6H,5H2,1H3. The predicted molar refractivity (Wildman–Crippen MR) is 72.9 cm³/mol. The quantitative estimate of drug-likeness (QED) is 0.613. The van der Waals surface area contributed by atoms with Crippen molar-refractivity contribution in [1.82, 2.24) is 9.97 Å². The number of benzene rings is 1. The van der Waals surface area contributed by atoms with Crippen LogP contribution in [0.2, 0.25) is 10.2 Å². The zero-order valence-corrected chi connectivity index (χ0v) is 11.7. The Morgan fingerprint density at radius 2 is 2.00 bits per heavy atom. The van der Waals surface area contributed by atoms with Crippen molar-refractivity contribution in [2.75, 3.05) is 0 Å². The molecule has 3 nitrogen and oxygen atoms in total. The van der Waals surface area contributed by atoms with Crippen LogP contribution < -0.4 is 4.74 Å². The average molecular weight is 304 g/mol. The fraction of sp³-hybridized carbons (Fsp3) is 0.167. The fourth-order valence-electron chi connectivity index (χ4n) is 1.36. The number of nitrogens with zero attached hydrogens (tertiary/aromatic N) is 2. The second kappa shape index (κ2) is 5.74. The van der Waals surface area contributed by atoms with E-state index in [9.17, 15) is 0 Å². The third-order valence-electron chi connectivity index (χ3n) is 2.34. The molecule has 0 amide bonds. The van der Waals surface area contributed by atoms with Crippen molar-refractivity contribution in [3.63, 3.8) is 0 Å². The van der Waals surface area contributed by atoms with E-state index in [0.717, 1.165) is 5.56 Å². The number of aromatic nitrogens is 2. The fourth-order valence-corrected chi connectivity index (χ4v) is 2.03. The van der Waals surface area contributed by atoms with Crippen molar-refractivity contribution in [3.05, 3.63) is 45.8 Å². The van der Waals surface area contributed by atoms with Gasteiger partial charge in [0.15, 0.2) is 0 Å². The van der Waals surface area contributed by atoms with Crippen LogP contribution in [0.3, 0.4) is 0 Å². The first-order chi connectivity index (χ1) is 8.61. The predicted octanol–water partition coefficient (Wildman–Crippen LogP) is 4.62. The number of aryl methyl sites for hydroxylation is 1. The number of hydrogen-bond acceptors (Lipinski definition) is 3. The Kier molecular flexibility index (Phi) is 4.27. The van der Waals surface area contributed by atoms with Crippen molar-refractivity contribution in [3.8, 4) is 11.6 Å². The van der Waals surface area contributed by atoms with Gasteiger partial charge in [0, 0.05) is 5.02 Å². The van der Waals surface area contributed by atoms with Crippen LogP contribution in [0.15, 0.2) is 24.5 Å². The maximum absolute atomic E-state index is 5.93. The second-order valence-corrected chi connectivity index (χ2v) is 4.66. The van der Waals surface area contributed by atoms with E-state index >= 15 is 0 Å². The van der Waals surface area contributed by atoms with E-state index in [4.69, 9.17) is 39.5 Å². The lowest BCUT2D eigenvalue weighted by Gasteiger charge is -2.11. The summed E-state index contributed by atoms with van der Waals surface area (Å²) in [4.78, 5) is 7.89. The van der Waals surface area contributed by atoms with Gasteiger partial charge in [-0.3, -0.25) is 0 Å². The molecule has 0 bridgehead atoms. The molecule has 0 radical (unpaired) electrons. The minimum absolute atomic E-state index is 0.175. The van der Waals surface area contributed by atoms with Crippen LogP contribution in [0.1, 0.15) is 11.1 Å². The van der Waals surface area contributed by atoms with Crippen LogP contribution in [0.4, 0.5) is 0 Å². The van der Waals surface area contributed by atoms with Crippen molar-refractivity contribution in [1.29, 1.82) is 0 Å². The van der Waals surface area contributed by atoms with E-state index in [2.05, 4.69) is 9.97 Å². The van der Waals surface area contributed by atoms with Gasteiger partial charge in [0.1, 0.15) is 17.2 Å². The molecule has 0 N–H and O–H groups in total. The third-order valence-corrected chi connectivity index (χ3v) is 3.17. The average Bonchev–Trinajstić information content (AvgIpc) is 2.34. The van der Waals surface area contributed by atoms with Crippen LogP contribution in [0.25, 0.3) is 0 Å². The lowest BCUT2D eigenvalue weighted by atomic mass is 10.2. The van der Waals surface area contributed by atoms with E-state index in [1.807, 2.05) is 13.0 Å². The Morgan fingerprint density at radius 1 is 1.22 bits per heavy atom. The van der Waals surface area contributed by atoms with Crippen LogP contribution in [-0.2, 0) is 5.88 Å². The first-order valence-electron chi connectivity index (χ1n) is 5.11. The first-order valence-corrected chi connectivity index (χ1v) is 6.40. The van der Waals surface area contributed by atoms with Gasteiger partial charge < -0.3 is 4.74 Å². The molecule has 0 saturated heterocycles. The van der Waals surface area contributed by atoms with Gasteiger partial charge >= 0.3 is 0 Å². The molecule has 0 aliphatic rings. The zero-order chi connectivity index (χ0) is 13.1. The molecule has 1 heterocycles. The lowest BCUT2D eigenvalue weighted by molar-refractivity contribution is 0.453. The molecular formula is C12H9Cl3N2O. The Hall–Kier alpha value is -1.03. The van der Waals surface area contributed by atoms with Crippen molar-refractivity contribution in [2.24, 2.45) is 0 Å². The van der Waals surface area contributed by atoms with Crippen LogP contribution in [0, 0.1) is 6.92 Å². The summed E-state index contributed by atoms with van der Waals surface area (Å²) >= 11 is 17.7. The molecule has 2 rings (SSSR count). The molecule has 6 heteroatoms. The van der Waals surface area contributed by atoms with Gasteiger partial charge in [-0.15, -0.1) is 11.6 Å². The summed E-state index contributed by atoms with van der Waals surface area (Å²) in [6.07, 6.45) is 1.33. The molecule has 0 saturated carbocycles. The summed E-state index contributed by atoms with van der Waals surface area (Å²) in [5, 5.41) is 0.873. The number of ether oxygens (including phenoxy) is 1. The van der Waals surface area contributed by atoms with E-state index in [0.29, 0.717) is 22.2 Å². The second-order valence-electron chi connectivity index (χ2n) is 3.59. The minimum Gasteiger partial charge on any atom is -0.438 e. The molecule has 1 aromatic carbocycles. The van der Waals surface area contributed by atoms with Crippen LogP contribution >= 0.6 is 34.8 Å². The lowest BCUT2D eigenvalue weighted by Crippen LogP contribution is -1.97. The van der Waals surface area contributed by atoms with Crippen LogP contribution in [-0.4, -0.2) is 9.97 Å². The summed E-state index contributed by atoms with van der Waals surface area (Å²) < 4.78 is 5.69. The van der Waals surface area contributed by atoms with Crippen molar-refractivity contribution in [2.45, 2.75) is 12.8 Å². The smallest absolute Gasteiger partial charge is 0.228 e. The normalized spacial score (nSPS) is 10.4. The third kappa shape index (κ3) is 2.86. The van der Waals surface area contributed by atoms with Crippen molar-refractivity contribution < 1.29 is 4.74 Å². The summed E-state index contributed by atoms with van der Waals surface area (Å²) in [7, 11) is 0. The molecule has 0 aliphatic heterocycles. The summed E-state index contributed by atoms with van der Waals surface area (Å²) in [6.45, 7) is 1.91. The highest BCUT2D eigenvalue weighted by atomic mass is 35.5. The van der Waals surface area contributed by atoms with Gasteiger partial charge in [0.2, 0.25) is 5.88 Å². The monoisotopic (exact) mass is 302 g/mol. The summed E-state index contributed by atoms with van der Waals surface area (Å²) in [5.41, 5.74) is 1.50. The molecule has 0 spiro atoms. The number of hydrogen-bond donors (Lipinski definition) is 0. The van der Waals surface area contributed by atoms with Gasteiger partial charge in [-0.05, 0) is 24.6 Å². The van der Waals surface area contributed by atoms with Gasteiger partial charge in [-0.1, -0.05) is 29.3 Å². The maximum atomic E-state index is 5.93. The molecule has 0 aliphatic carbocycles. The van der Waals surface area contributed by atoms with Crippen molar-refractivity contribution >= 4 is 34.8 Å². The molecule has 1 aromatic heterocycles. The number of halogens is 3. The van der Waals surface area contributed by atoms with Gasteiger partial charge in [0.25, 0.3) is 0 Å².